The van der Waals surface area contributed by atoms with Crippen LogP contribution in [0.1, 0.15) is 36.0 Å². The van der Waals surface area contributed by atoms with Crippen LogP contribution in [0.4, 0.5) is 0 Å². The normalized spacial score (nSPS) is 20.0. The minimum absolute atomic E-state index is 0. The summed E-state index contributed by atoms with van der Waals surface area (Å²) in [5.41, 5.74) is 7.44. The summed E-state index contributed by atoms with van der Waals surface area (Å²) >= 11 is 0. The maximum atomic E-state index is 12.4. The molecule has 1 aromatic carbocycles. The first-order valence-electron chi connectivity index (χ1n) is 8.01. The fraction of sp³-hybridized carbons (Fsp3) is 0.471. The van der Waals surface area contributed by atoms with Gasteiger partial charge in [-0.15, -0.1) is 12.4 Å². The SMILES string of the molecule is Cc1noc(CCCC(=O)N2C[C@@H](N)[C@H](c3ccccc3)C2)n1.Cl. The molecule has 2 N–H and O–H groups in total. The van der Waals surface area contributed by atoms with Gasteiger partial charge in [-0.25, -0.2) is 0 Å². The summed E-state index contributed by atoms with van der Waals surface area (Å²) in [4.78, 5) is 18.4. The number of aryl methyl sites for hydroxylation is 2. The highest BCUT2D eigenvalue weighted by molar-refractivity contribution is 5.85. The van der Waals surface area contributed by atoms with Crippen LogP contribution in [-0.4, -0.2) is 40.1 Å². The number of hydrogen-bond donors (Lipinski definition) is 1. The highest BCUT2D eigenvalue weighted by Gasteiger charge is 2.33. The van der Waals surface area contributed by atoms with E-state index in [1.807, 2.05) is 23.1 Å². The molecule has 1 aliphatic rings. The fourth-order valence-corrected chi connectivity index (χ4v) is 3.08. The monoisotopic (exact) mass is 350 g/mol. The lowest BCUT2D eigenvalue weighted by molar-refractivity contribution is -0.130. The molecule has 130 valence electrons. The predicted molar refractivity (Wildman–Crippen MR) is 93.0 cm³/mol. The Kier molecular flexibility index (Phi) is 6.34. The Bertz CT molecular complexity index is 662. The van der Waals surface area contributed by atoms with Gasteiger partial charge in [0.1, 0.15) is 0 Å². The molecule has 0 bridgehead atoms. The van der Waals surface area contributed by atoms with E-state index in [2.05, 4.69) is 22.3 Å². The number of nitrogens with zero attached hydrogens (tertiary/aromatic N) is 3. The Hall–Kier alpha value is -1.92. The van der Waals surface area contributed by atoms with Crippen molar-refractivity contribution in [2.24, 2.45) is 5.73 Å². The molecular weight excluding hydrogens is 328 g/mol. The van der Waals surface area contributed by atoms with Crippen LogP contribution in [0, 0.1) is 6.92 Å². The van der Waals surface area contributed by atoms with Crippen molar-refractivity contribution < 1.29 is 9.32 Å². The quantitative estimate of drug-likeness (QED) is 0.892. The zero-order valence-corrected chi connectivity index (χ0v) is 14.5. The van der Waals surface area contributed by atoms with E-state index in [9.17, 15) is 4.79 Å². The molecule has 24 heavy (non-hydrogen) atoms. The highest BCUT2D eigenvalue weighted by Crippen LogP contribution is 2.26. The number of hydrogen-bond acceptors (Lipinski definition) is 5. The topological polar surface area (TPSA) is 85.2 Å². The van der Waals surface area contributed by atoms with Crippen molar-refractivity contribution in [2.45, 2.75) is 38.1 Å². The molecule has 2 aromatic rings. The van der Waals surface area contributed by atoms with Crippen molar-refractivity contribution in [2.75, 3.05) is 13.1 Å². The second-order valence-electron chi connectivity index (χ2n) is 6.07. The summed E-state index contributed by atoms with van der Waals surface area (Å²) in [6, 6.07) is 10.2. The lowest BCUT2D eigenvalue weighted by Crippen LogP contribution is -2.32. The lowest BCUT2D eigenvalue weighted by atomic mass is 9.95. The van der Waals surface area contributed by atoms with E-state index in [1.165, 1.54) is 5.56 Å². The molecule has 2 heterocycles. The van der Waals surface area contributed by atoms with E-state index in [0.29, 0.717) is 44.1 Å². The van der Waals surface area contributed by atoms with E-state index in [4.69, 9.17) is 10.3 Å². The number of halogens is 1. The van der Waals surface area contributed by atoms with E-state index >= 15 is 0 Å². The molecular formula is C17H23ClN4O2. The molecule has 0 radical (unpaired) electrons. The molecule has 1 fully saturated rings. The number of rotatable bonds is 5. The minimum Gasteiger partial charge on any atom is -0.340 e. The Morgan fingerprint density at radius 1 is 1.33 bits per heavy atom. The van der Waals surface area contributed by atoms with Gasteiger partial charge in [0.15, 0.2) is 5.82 Å². The Morgan fingerprint density at radius 3 is 2.75 bits per heavy atom. The van der Waals surface area contributed by atoms with Crippen molar-refractivity contribution in [3.8, 4) is 0 Å². The van der Waals surface area contributed by atoms with Crippen LogP contribution in [0.5, 0.6) is 0 Å². The van der Waals surface area contributed by atoms with Crippen LogP contribution >= 0.6 is 12.4 Å². The summed E-state index contributed by atoms with van der Waals surface area (Å²) in [5.74, 6) is 1.59. The molecule has 7 heteroatoms. The van der Waals surface area contributed by atoms with Crippen LogP contribution in [0.2, 0.25) is 0 Å². The first kappa shape index (κ1) is 18.4. The number of amides is 1. The summed E-state index contributed by atoms with van der Waals surface area (Å²) in [6.07, 6.45) is 1.83. The zero-order chi connectivity index (χ0) is 16.2. The number of carbonyl (C=O) groups excluding carboxylic acids is 1. The van der Waals surface area contributed by atoms with Gasteiger partial charge in [0, 0.05) is 37.9 Å². The molecule has 0 unspecified atom stereocenters. The predicted octanol–water partition coefficient (Wildman–Crippen LogP) is 2.08. The van der Waals surface area contributed by atoms with Gasteiger partial charge in [0.25, 0.3) is 0 Å². The maximum Gasteiger partial charge on any atom is 0.226 e. The van der Waals surface area contributed by atoms with Crippen LogP contribution in [-0.2, 0) is 11.2 Å². The second-order valence-corrected chi connectivity index (χ2v) is 6.07. The van der Waals surface area contributed by atoms with Crippen LogP contribution in [0.25, 0.3) is 0 Å². The van der Waals surface area contributed by atoms with Crippen LogP contribution in [0.3, 0.4) is 0 Å². The number of likely N-dealkylation sites (tertiary alicyclic amines) is 1. The number of carbonyl (C=O) groups is 1. The number of aromatic nitrogens is 2. The molecule has 6 nitrogen and oxygen atoms in total. The Labute approximate surface area is 147 Å². The average Bonchev–Trinajstić information content (AvgIpc) is 3.14. The van der Waals surface area contributed by atoms with Crippen molar-refractivity contribution in [1.29, 1.82) is 0 Å². The summed E-state index contributed by atoms with van der Waals surface area (Å²) in [6.45, 7) is 3.11. The van der Waals surface area contributed by atoms with Crippen molar-refractivity contribution in [3.05, 3.63) is 47.6 Å². The minimum atomic E-state index is -0.0000555. The number of benzene rings is 1. The maximum absolute atomic E-state index is 12.4. The first-order chi connectivity index (χ1) is 11.1. The van der Waals surface area contributed by atoms with Gasteiger partial charge >= 0.3 is 0 Å². The van der Waals surface area contributed by atoms with E-state index < -0.39 is 0 Å². The first-order valence-corrected chi connectivity index (χ1v) is 8.01. The third-order valence-electron chi connectivity index (χ3n) is 4.30. The molecule has 1 aromatic heterocycles. The van der Waals surface area contributed by atoms with Gasteiger partial charge in [0.2, 0.25) is 11.8 Å². The van der Waals surface area contributed by atoms with Crippen molar-refractivity contribution in [3.63, 3.8) is 0 Å². The molecule has 0 saturated carbocycles. The second kappa shape index (κ2) is 8.26. The van der Waals surface area contributed by atoms with Crippen LogP contribution < -0.4 is 5.73 Å². The van der Waals surface area contributed by atoms with E-state index in [-0.39, 0.29) is 30.3 Å². The number of nitrogens with two attached hydrogens (primary N) is 1. The molecule has 3 rings (SSSR count). The third-order valence-corrected chi connectivity index (χ3v) is 4.30. The van der Waals surface area contributed by atoms with Gasteiger partial charge in [-0.3, -0.25) is 4.79 Å². The molecule has 1 saturated heterocycles. The zero-order valence-electron chi connectivity index (χ0n) is 13.7. The standard InChI is InChI=1S/C17H22N4O2.ClH/c1-12-19-16(23-20-12)8-5-9-17(22)21-10-14(15(18)11-21)13-6-3-2-4-7-13;/h2-4,6-7,14-15H,5,8-11,18H2,1H3;1H/t14-,15+;/m0./s1. The molecule has 0 spiro atoms. The van der Waals surface area contributed by atoms with E-state index in [0.717, 1.165) is 0 Å². The molecule has 1 amide bonds. The Balaban J connectivity index is 0.00000208. The van der Waals surface area contributed by atoms with Crippen molar-refractivity contribution >= 4 is 18.3 Å². The summed E-state index contributed by atoms with van der Waals surface area (Å²) in [5, 5.41) is 3.75. The highest BCUT2D eigenvalue weighted by atomic mass is 35.5. The smallest absolute Gasteiger partial charge is 0.226 e. The van der Waals surface area contributed by atoms with Crippen molar-refractivity contribution in [1.82, 2.24) is 15.0 Å². The van der Waals surface area contributed by atoms with Crippen LogP contribution in [0.15, 0.2) is 34.9 Å². The summed E-state index contributed by atoms with van der Waals surface area (Å²) < 4.78 is 5.06. The molecule has 2 atom stereocenters. The average molecular weight is 351 g/mol. The van der Waals surface area contributed by atoms with Gasteiger partial charge in [-0.2, -0.15) is 4.98 Å². The van der Waals surface area contributed by atoms with E-state index in [1.54, 1.807) is 6.92 Å². The third kappa shape index (κ3) is 4.33. The largest absolute Gasteiger partial charge is 0.340 e. The van der Waals surface area contributed by atoms with Gasteiger partial charge in [-0.05, 0) is 18.9 Å². The molecule has 1 aliphatic heterocycles. The molecule has 0 aliphatic carbocycles. The van der Waals surface area contributed by atoms with Gasteiger partial charge in [0.05, 0.1) is 0 Å². The van der Waals surface area contributed by atoms with Gasteiger partial charge in [-0.1, -0.05) is 35.5 Å². The van der Waals surface area contributed by atoms with Gasteiger partial charge < -0.3 is 15.2 Å². The Morgan fingerprint density at radius 2 is 2.08 bits per heavy atom. The summed E-state index contributed by atoms with van der Waals surface area (Å²) in [7, 11) is 0. The fourth-order valence-electron chi connectivity index (χ4n) is 3.08. The lowest BCUT2D eigenvalue weighted by Gasteiger charge is -2.16.